The number of ether oxygens (including phenoxy) is 2. The van der Waals surface area contributed by atoms with Gasteiger partial charge in [0.05, 0.1) is 12.7 Å². The van der Waals surface area contributed by atoms with Crippen molar-refractivity contribution in [3.05, 3.63) is 0 Å². The highest BCUT2D eigenvalue weighted by molar-refractivity contribution is 9.09. The van der Waals surface area contributed by atoms with Crippen molar-refractivity contribution in [1.82, 2.24) is 0 Å². The zero-order valence-corrected chi connectivity index (χ0v) is 12.0. The van der Waals surface area contributed by atoms with Crippen LogP contribution >= 0.6 is 15.9 Å². The van der Waals surface area contributed by atoms with Crippen molar-refractivity contribution in [1.29, 1.82) is 0 Å². The van der Waals surface area contributed by atoms with Crippen LogP contribution in [0.5, 0.6) is 0 Å². The van der Waals surface area contributed by atoms with Gasteiger partial charge in [-0.3, -0.25) is 0 Å². The van der Waals surface area contributed by atoms with Gasteiger partial charge in [-0.2, -0.15) is 0 Å². The Hall–Kier alpha value is 0.400. The molecule has 0 radical (unpaired) electrons. The normalized spacial score (nSPS) is 42.2. The predicted octanol–water partition coefficient (Wildman–Crippen LogP) is 3.73. The maximum absolute atomic E-state index is 6.33. The summed E-state index contributed by atoms with van der Waals surface area (Å²) in [7, 11) is 0. The van der Waals surface area contributed by atoms with E-state index in [0.29, 0.717) is 17.9 Å². The van der Waals surface area contributed by atoms with Crippen molar-refractivity contribution in [3.63, 3.8) is 0 Å². The molecule has 0 aromatic carbocycles. The van der Waals surface area contributed by atoms with Gasteiger partial charge in [0.15, 0.2) is 5.79 Å². The topological polar surface area (TPSA) is 18.5 Å². The van der Waals surface area contributed by atoms with Crippen LogP contribution in [0, 0.1) is 11.8 Å². The largest absolute Gasteiger partial charge is 0.350 e. The van der Waals surface area contributed by atoms with Gasteiger partial charge in [0.2, 0.25) is 0 Å². The number of hydrogen-bond donors (Lipinski definition) is 0. The Morgan fingerprint density at radius 2 is 2.19 bits per heavy atom. The first-order valence-electron chi connectivity index (χ1n) is 6.55. The van der Waals surface area contributed by atoms with Gasteiger partial charge in [0.25, 0.3) is 0 Å². The second-order valence-electron chi connectivity index (χ2n) is 5.38. The Bertz CT molecular complexity index is 230. The first-order valence-corrected chi connectivity index (χ1v) is 7.68. The van der Waals surface area contributed by atoms with Crippen LogP contribution in [0.2, 0.25) is 0 Å². The average Bonchev–Trinajstić information content (AvgIpc) is 2.32. The van der Waals surface area contributed by atoms with E-state index in [4.69, 9.17) is 9.47 Å². The van der Waals surface area contributed by atoms with Gasteiger partial charge in [-0.25, -0.2) is 0 Å². The van der Waals surface area contributed by atoms with Crippen molar-refractivity contribution < 1.29 is 9.47 Å². The molecular weight excluding hydrogens is 268 g/mol. The van der Waals surface area contributed by atoms with Crippen LogP contribution in [0.3, 0.4) is 0 Å². The summed E-state index contributed by atoms with van der Waals surface area (Å²) in [4.78, 5) is 0. The van der Waals surface area contributed by atoms with E-state index in [1.807, 2.05) is 0 Å². The summed E-state index contributed by atoms with van der Waals surface area (Å²) < 4.78 is 12.3. The van der Waals surface area contributed by atoms with E-state index in [1.165, 1.54) is 25.7 Å². The molecule has 94 valence electrons. The highest BCUT2D eigenvalue weighted by Crippen LogP contribution is 2.42. The molecule has 2 aliphatic heterocycles. The van der Waals surface area contributed by atoms with Crippen molar-refractivity contribution in [2.75, 3.05) is 11.9 Å². The lowest BCUT2D eigenvalue weighted by Gasteiger charge is -2.48. The highest BCUT2D eigenvalue weighted by Gasteiger charge is 2.45. The molecule has 1 spiro atoms. The molecule has 0 unspecified atom stereocenters. The molecule has 2 heterocycles. The van der Waals surface area contributed by atoms with E-state index >= 15 is 0 Å². The van der Waals surface area contributed by atoms with Crippen LogP contribution in [0.4, 0.5) is 0 Å². The maximum Gasteiger partial charge on any atom is 0.171 e. The fourth-order valence-corrected chi connectivity index (χ4v) is 3.31. The van der Waals surface area contributed by atoms with Crippen LogP contribution in [0.15, 0.2) is 0 Å². The molecular formula is C13H23BrO2. The summed E-state index contributed by atoms with van der Waals surface area (Å²) in [6.45, 7) is 5.41. The highest BCUT2D eigenvalue weighted by atomic mass is 79.9. The summed E-state index contributed by atoms with van der Waals surface area (Å²) in [5.74, 6) is 0.874. The fraction of sp³-hybridized carbons (Fsp3) is 1.00. The Labute approximate surface area is 107 Å². The lowest BCUT2D eigenvalue weighted by molar-refractivity contribution is -0.322. The fourth-order valence-electron chi connectivity index (χ4n) is 2.89. The van der Waals surface area contributed by atoms with E-state index in [2.05, 4.69) is 29.8 Å². The molecule has 2 fully saturated rings. The standard InChI is InChI=1S/C13H23BrO2/c1-10(9-14)12-6-3-7-13(16-12)11(2)5-4-8-15-13/h10-12H,3-9H2,1-2H3/t10-,11-,12-,13+/m0/s1. The Morgan fingerprint density at radius 3 is 2.88 bits per heavy atom. The zero-order valence-electron chi connectivity index (χ0n) is 10.4. The lowest BCUT2D eigenvalue weighted by atomic mass is 9.84. The summed E-state index contributed by atoms with van der Waals surface area (Å²) in [6, 6.07) is 0. The monoisotopic (exact) mass is 290 g/mol. The molecule has 0 aromatic rings. The number of rotatable bonds is 2. The molecule has 2 rings (SSSR count). The maximum atomic E-state index is 6.33. The smallest absolute Gasteiger partial charge is 0.171 e. The molecule has 0 N–H and O–H groups in total. The first kappa shape index (κ1) is 12.8. The first-order chi connectivity index (χ1) is 7.68. The van der Waals surface area contributed by atoms with Gasteiger partial charge < -0.3 is 9.47 Å². The van der Waals surface area contributed by atoms with Crippen LogP contribution in [0.25, 0.3) is 0 Å². The van der Waals surface area contributed by atoms with Gasteiger partial charge in [0.1, 0.15) is 0 Å². The van der Waals surface area contributed by atoms with Crippen molar-refractivity contribution in [3.8, 4) is 0 Å². The van der Waals surface area contributed by atoms with Crippen molar-refractivity contribution in [2.24, 2.45) is 11.8 Å². The third kappa shape index (κ3) is 2.46. The second-order valence-corrected chi connectivity index (χ2v) is 6.03. The predicted molar refractivity (Wildman–Crippen MR) is 68.8 cm³/mol. The molecule has 0 bridgehead atoms. The Balaban J connectivity index is 2.04. The molecule has 16 heavy (non-hydrogen) atoms. The van der Waals surface area contributed by atoms with Gasteiger partial charge in [-0.1, -0.05) is 29.8 Å². The second kappa shape index (κ2) is 5.36. The summed E-state index contributed by atoms with van der Waals surface area (Å²) >= 11 is 3.56. The van der Waals surface area contributed by atoms with Crippen molar-refractivity contribution >= 4 is 15.9 Å². The third-order valence-corrected chi connectivity index (χ3v) is 5.14. The molecule has 4 atom stereocenters. The molecule has 2 aliphatic rings. The van der Waals surface area contributed by atoms with E-state index in [9.17, 15) is 0 Å². The zero-order chi connectivity index (χ0) is 11.6. The average molecular weight is 291 g/mol. The van der Waals surface area contributed by atoms with Crippen LogP contribution in [-0.2, 0) is 9.47 Å². The summed E-state index contributed by atoms with van der Waals surface area (Å²) in [5, 5.41) is 1.02. The van der Waals surface area contributed by atoms with Crippen LogP contribution in [0.1, 0.15) is 46.0 Å². The van der Waals surface area contributed by atoms with Crippen LogP contribution in [-0.4, -0.2) is 23.8 Å². The van der Waals surface area contributed by atoms with E-state index in [1.54, 1.807) is 0 Å². The van der Waals surface area contributed by atoms with Gasteiger partial charge in [-0.15, -0.1) is 0 Å². The summed E-state index contributed by atoms with van der Waals surface area (Å²) in [6.07, 6.45) is 6.31. The molecule has 3 heteroatoms. The Morgan fingerprint density at radius 1 is 1.38 bits per heavy atom. The minimum Gasteiger partial charge on any atom is -0.350 e. The van der Waals surface area contributed by atoms with E-state index in [-0.39, 0.29) is 5.79 Å². The van der Waals surface area contributed by atoms with E-state index in [0.717, 1.165) is 18.4 Å². The molecule has 2 nitrogen and oxygen atoms in total. The van der Waals surface area contributed by atoms with Gasteiger partial charge >= 0.3 is 0 Å². The molecule has 0 aliphatic carbocycles. The van der Waals surface area contributed by atoms with Crippen LogP contribution < -0.4 is 0 Å². The lowest BCUT2D eigenvalue weighted by Crippen LogP contribution is -2.51. The number of hydrogen-bond acceptors (Lipinski definition) is 2. The number of alkyl halides is 1. The minimum absolute atomic E-state index is 0.252. The molecule has 0 saturated carbocycles. The SMILES string of the molecule is C[C@@H](CBr)[C@@H]1CCC[C@@]2(OCCC[C@@H]2C)O1. The summed E-state index contributed by atoms with van der Waals surface area (Å²) in [5.41, 5.74) is 0. The van der Waals surface area contributed by atoms with E-state index < -0.39 is 0 Å². The number of halogens is 1. The quantitative estimate of drug-likeness (QED) is 0.722. The molecule has 2 saturated heterocycles. The molecule has 0 aromatic heterocycles. The third-order valence-electron chi connectivity index (χ3n) is 4.12. The van der Waals surface area contributed by atoms with Gasteiger partial charge in [-0.05, 0) is 31.6 Å². The minimum atomic E-state index is -0.252. The van der Waals surface area contributed by atoms with Gasteiger partial charge in [0, 0.05) is 17.7 Å². The Kier molecular flexibility index (Phi) is 4.31. The molecule has 0 amide bonds. The van der Waals surface area contributed by atoms with Crippen molar-refractivity contribution in [2.45, 2.75) is 57.8 Å².